The predicted molar refractivity (Wildman–Crippen MR) is 108 cm³/mol. The molecule has 29 heavy (non-hydrogen) atoms. The summed E-state index contributed by atoms with van der Waals surface area (Å²) < 4.78 is 23.9. The molecule has 5 nitrogen and oxygen atoms in total. The van der Waals surface area contributed by atoms with Crippen LogP contribution in [0.4, 0.5) is 4.39 Å². The summed E-state index contributed by atoms with van der Waals surface area (Å²) in [4.78, 5) is 19.1. The van der Waals surface area contributed by atoms with Crippen LogP contribution in [-0.4, -0.2) is 36.1 Å². The molecule has 0 atom stereocenters. The minimum absolute atomic E-state index is 0.125. The summed E-state index contributed by atoms with van der Waals surface area (Å²) in [7, 11) is 1.60. The first-order valence-corrected chi connectivity index (χ1v) is 9.31. The number of benzene rings is 2. The first-order chi connectivity index (χ1) is 14.2. The maximum atomic E-state index is 13.1. The molecule has 0 N–H and O–H groups in total. The topological polar surface area (TPSA) is 51.7 Å². The number of nitrogens with zero attached hydrogens (tertiary/aromatic N) is 2. The molecule has 0 aliphatic carbocycles. The molecular weight excluding hydrogens is 371 g/mol. The van der Waals surface area contributed by atoms with Gasteiger partial charge >= 0.3 is 0 Å². The molecule has 0 spiro atoms. The van der Waals surface area contributed by atoms with E-state index in [1.807, 2.05) is 18.2 Å². The Morgan fingerprint density at radius 3 is 2.62 bits per heavy atom. The lowest BCUT2D eigenvalue weighted by Crippen LogP contribution is -2.33. The Labute approximate surface area is 169 Å². The number of ether oxygens (including phenoxy) is 2. The highest BCUT2D eigenvalue weighted by atomic mass is 19.1. The molecule has 1 heterocycles. The van der Waals surface area contributed by atoms with Crippen molar-refractivity contribution in [3.8, 4) is 5.75 Å². The van der Waals surface area contributed by atoms with Gasteiger partial charge in [0.05, 0.1) is 18.8 Å². The quantitative estimate of drug-likeness (QED) is 0.549. The third kappa shape index (κ3) is 6.12. The molecule has 0 saturated heterocycles. The highest BCUT2D eigenvalue weighted by Crippen LogP contribution is 2.18. The molecule has 3 aromatic rings. The lowest BCUT2D eigenvalue weighted by atomic mass is 10.1. The average Bonchev–Trinajstić information content (AvgIpc) is 2.76. The summed E-state index contributed by atoms with van der Waals surface area (Å²) in [6, 6.07) is 18.8. The van der Waals surface area contributed by atoms with Gasteiger partial charge in [0.1, 0.15) is 18.2 Å². The molecule has 0 bridgehead atoms. The lowest BCUT2D eigenvalue weighted by molar-refractivity contribution is 0.0677. The van der Waals surface area contributed by atoms with E-state index in [1.165, 1.54) is 12.1 Å². The fraction of sp³-hybridized carbons (Fsp3) is 0.217. The van der Waals surface area contributed by atoms with E-state index in [9.17, 15) is 9.18 Å². The SMILES string of the molecule is COCCN(Cc1ccccn1)C(=O)c1cccc(OCc2ccc(F)cc2)c1. The van der Waals surface area contributed by atoms with E-state index in [4.69, 9.17) is 9.47 Å². The van der Waals surface area contributed by atoms with Crippen LogP contribution < -0.4 is 4.74 Å². The summed E-state index contributed by atoms with van der Waals surface area (Å²) >= 11 is 0. The number of methoxy groups -OCH3 is 1. The van der Waals surface area contributed by atoms with E-state index in [1.54, 1.807) is 54.6 Å². The number of amides is 1. The normalized spacial score (nSPS) is 10.6. The van der Waals surface area contributed by atoms with Crippen molar-refractivity contribution in [2.24, 2.45) is 0 Å². The van der Waals surface area contributed by atoms with E-state index < -0.39 is 0 Å². The number of hydrogen-bond donors (Lipinski definition) is 0. The highest BCUT2D eigenvalue weighted by molar-refractivity contribution is 5.94. The average molecular weight is 394 g/mol. The number of halogens is 1. The summed E-state index contributed by atoms with van der Waals surface area (Å²) in [6.45, 7) is 1.56. The predicted octanol–water partition coefficient (Wildman–Crippen LogP) is 4.09. The fourth-order valence-corrected chi connectivity index (χ4v) is 2.79. The van der Waals surface area contributed by atoms with Crippen LogP contribution in [0, 0.1) is 5.82 Å². The van der Waals surface area contributed by atoms with Crippen molar-refractivity contribution in [3.05, 3.63) is 95.6 Å². The first kappa shape index (κ1) is 20.5. The van der Waals surface area contributed by atoms with E-state index >= 15 is 0 Å². The Morgan fingerprint density at radius 2 is 1.90 bits per heavy atom. The minimum Gasteiger partial charge on any atom is -0.489 e. The third-order valence-corrected chi connectivity index (χ3v) is 4.33. The van der Waals surface area contributed by atoms with Gasteiger partial charge in [-0.25, -0.2) is 4.39 Å². The van der Waals surface area contributed by atoms with Crippen LogP contribution in [0.15, 0.2) is 72.9 Å². The Balaban J connectivity index is 1.70. The van der Waals surface area contributed by atoms with Crippen LogP contribution >= 0.6 is 0 Å². The molecule has 6 heteroatoms. The fourth-order valence-electron chi connectivity index (χ4n) is 2.79. The van der Waals surface area contributed by atoms with Crippen LogP contribution in [0.3, 0.4) is 0 Å². The molecule has 0 saturated carbocycles. The van der Waals surface area contributed by atoms with Gasteiger partial charge in [-0.05, 0) is 48.0 Å². The maximum Gasteiger partial charge on any atom is 0.254 e. The third-order valence-electron chi connectivity index (χ3n) is 4.33. The van der Waals surface area contributed by atoms with Gasteiger partial charge in [-0.1, -0.05) is 24.3 Å². The second-order valence-electron chi connectivity index (χ2n) is 6.48. The summed E-state index contributed by atoms with van der Waals surface area (Å²) in [5.74, 6) is 0.162. The Morgan fingerprint density at radius 1 is 1.07 bits per heavy atom. The smallest absolute Gasteiger partial charge is 0.254 e. The number of rotatable bonds is 9. The lowest BCUT2D eigenvalue weighted by Gasteiger charge is -2.22. The van der Waals surface area contributed by atoms with E-state index in [0.717, 1.165) is 11.3 Å². The number of carbonyl (C=O) groups excluding carboxylic acids is 1. The van der Waals surface area contributed by atoms with Crippen molar-refractivity contribution in [1.29, 1.82) is 0 Å². The number of pyridine rings is 1. The van der Waals surface area contributed by atoms with Gasteiger partial charge in [-0.2, -0.15) is 0 Å². The number of carbonyl (C=O) groups is 1. The number of hydrogen-bond acceptors (Lipinski definition) is 4. The van der Waals surface area contributed by atoms with Crippen molar-refractivity contribution >= 4 is 5.91 Å². The zero-order valence-corrected chi connectivity index (χ0v) is 16.3. The second-order valence-corrected chi connectivity index (χ2v) is 6.48. The van der Waals surface area contributed by atoms with Crippen molar-refractivity contribution in [1.82, 2.24) is 9.88 Å². The summed E-state index contributed by atoms with van der Waals surface area (Å²) in [6.07, 6.45) is 1.71. The molecule has 1 amide bonds. The van der Waals surface area contributed by atoms with Crippen LogP contribution in [0.1, 0.15) is 21.6 Å². The summed E-state index contributed by atoms with van der Waals surface area (Å²) in [5.41, 5.74) is 2.18. The van der Waals surface area contributed by atoms with Crippen molar-refractivity contribution < 1.29 is 18.7 Å². The largest absolute Gasteiger partial charge is 0.489 e. The van der Waals surface area contributed by atoms with E-state index in [2.05, 4.69) is 4.98 Å². The van der Waals surface area contributed by atoms with Gasteiger partial charge in [0.2, 0.25) is 0 Å². The van der Waals surface area contributed by atoms with Crippen LogP contribution in [0.2, 0.25) is 0 Å². The van der Waals surface area contributed by atoms with Gasteiger partial charge in [-0.15, -0.1) is 0 Å². The van der Waals surface area contributed by atoms with Crippen LogP contribution in [0.5, 0.6) is 5.75 Å². The molecule has 0 aliphatic rings. The standard InChI is InChI=1S/C23H23FN2O3/c1-28-14-13-26(16-21-6-2-3-12-25-21)23(27)19-5-4-7-22(15-19)29-17-18-8-10-20(24)11-9-18/h2-12,15H,13-14,16-17H2,1H3. The van der Waals surface area contributed by atoms with Crippen molar-refractivity contribution in [2.75, 3.05) is 20.3 Å². The monoisotopic (exact) mass is 394 g/mol. The van der Waals surface area contributed by atoms with E-state index in [-0.39, 0.29) is 11.7 Å². The van der Waals surface area contributed by atoms with Crippen LogP contribution in [-0.2, 0) is 17.9 Å². The zero-order valence-electron chi connectivity index (χ0n) is 16.3. The molecule has 150 valence electrons. The Hall–Kier alpha value is -3.25. The molecule has 0 unspecified atom stereocenters. The molecule has 1 aromatic heterocycles. The van der Waals surface area contributed by atoms with Gasteiger partial charge in [0.25, 0.3) is 5.91 Å². The maximum absolute atomic E-state index is 13.1. The Kier molecular flexibility index (Phi) is 7.30. The number of aromatic nitrogens is 1. The molecule has 3 rings (SSSR count). The molecule has 0 aliphatic heterocycles. The van der Waals surface area contributed by atoms with Gasteiger partial charge in [0.15, 0.2) is 0 Å². The molecule has 0 fully saturated rings. The molecular formula is C23H23FN2O3. The molecule has 0 radical (unpaired) electrons. The van der Waals surface area contributed by atoms with Gasteiger partial charge < -0.3 is 14.4 Å². The molecule has 2 aromatic carbocycles. The zero-order chi connectivity index (χ0) is 20.5. The van der Waals surface area contributed by atoms with Crippen molar-refractivity contribution in [3.63, 3.8) is 0 Å². The minimum atomic E-state index is -0.287. The highest BCUT2D eigenvalue weighted by Gasteiger charge is 2.17. The van der Waals surface area contributed by atoms with Crippen molar-refractivity contribution in [2.45, 2.75) is 13.2 Å². The Bertz CT molecular complexity index is 917. The first-order valence-electron chi connectivity index (χ1n) is 9.31. The summed E-state index contributed by atoms with van der Waals surface area (Å²) in [5, 5.41) is 0. The second kappa shape index (κ2) is 10.3. The van der Waals surface area contributed by atoms with Gasteiger partial charge in [0, 0.05) is 25.4 Å². The van der Waals surface area contributed by atoms with E-state index in [0.29, 0.717) is 37.6 Å². The van der Waals surface area contributed by atoms with Crippen LogP contribution in [0.25, 0.3) is 0 Å². The van der Waals surface area contributed by atoms with Gasteiger partial charge in [-0.3, -0.25) is 9.78 Å².